The Morgan fingerprint density at radius 2 is 2.36 bits per heavy atom. The molecule has 0 bridgehead atoms. The number of aromatic nitrogens is 1. The van der Waals surface area contributed by atoms with E-state index < -0.39 is 0 Å². The van der Waals surface area contributed by atoms with E-state index in [1.54, 1.807) is 0 Å². The Bertz CT molecular complexity index is 212. The molecule has 2 N–H and O–H groups in total. The van der Waals surface area contributed by atoms with Crippen molar-refractivity contribution in [2.75, 3.05) is 11.6 Å². The smallest absolute Gasteiger partial charge is 0.180 e. The summed E-state index contributed by atoms with van der Waals surface area (Å²) >= 11 is 7.03. The van der Waals surface area contributed by atoms with Gasteiger partial charge in [-0.05, 0) is 19.3 Å². The molecule has 0 amide bonds. The molecule has 2 nitrogen and oxygen atoms in total. The van der Waals surface area contributed by atoms with Crippen molar-refractivity contribution in [2.24, 2.45) is 0 Å². The lowest BCUT2D eigenvalue weighted by atomic mass is 10.2. The number of alkyl halides is 1. The summed E-state index contributed by atoms with van der Waals surface area (Å²) in [6.07, 6.45) is 3.16. The van der Waals surface area contributed by atoms with Crippen LogP contribution >= 0.6 is 22.9 Å². The third kappa shape index (κ3) is 3.08. The number of nitrogen functional groups attached to an aromatic ring is 1. The van der Waals surface area contributed by atoms with Crippen LogP contribution in [0.2, 0.25) is 0 Å². The maximum atomic E-state index is 5.53. The second-order valence-corrected chi connectivity index (χ2v) is 3.59. The Hall–Kier alpha value is -0.280. The summed E-state index contributed by atoms with van der Waals surface area (Å²) in [7, 11) is 0. The van der Waals surface area contributed by atoms with Gasteiger partial charge in [-0.25, -0.2) is 4.98 Å². The minimum Gasteiger partial charge on any atom is -0.375 e. The molecule has 0 saturated heterocycles. The standard InChI is InChI=1S/C7H11ClN2S/c8-4-2-1-3-6-5-11-7(9)10-6/h5H,1-4H2,(H2,9,10). The summed E-state index contributed by atoms with van der Waals surface area (Å²) in [6, 6.07) is 0. The van der Waals surface area contributed by atoms with Crippen molar-refractivity contribution in [1.82, 2.24) is 4.98 Å². The van der Waals surface area contributed by atoms with Crippen molar-refractivity contribution in [2.45, 2.75) is 19.3 Å². The van der Waals surface area contributed by atoms with Crippen LogP contribution < -0.4 is 5.73 Å². The number of rotatable bonds is 4. The monoisotopic (exact) mass is 190 g/mol. The third-order valence-electron chi connectivity index (χ3n) is 1.39. The van der Waals surface area contributed by atoms with Crippen molar-refractivity contribution in [3.8, 4) is 0 Å². The number of thiazole rings is 1. The molecule has 4 heteroatoms. The van der Waals surface area contributed by atoms with Crippen molar-refractivity contribution in [3.63, 3.8) is 0 Å². The van der Waals surface area contributed by atoms with E-state index in [0.29, 0.717) is 5.13 Å². The summed E-state index contributed by atoms with van der Waals surface area (Å²) < 4.78 is 0. The molecule has 0 saturated carbocycles. The lowest BCUT2D eigenvalue weighted by Gasteiger charge is -1.92. The van der Waals surface area contributed by atoms with E-state index in [1.807, 2.05) is 5.38 Å². The van der Waals surface area contributed by atoms with Gasteiger partial charge < -0.3 is 5.73 Å². The number of unbranched alkanes of at least 4 members (excludes halogenated alkanes) is 1. The Balaban J connectivity index is 2.27. The molecule has 1 heterocycles. The third-order valence-corrected chi connectivity index (χ3v) is 2.38. The highest BCUT2D eigenvalue weighted by atomic mass is 35.5. The van der Waals surface area contributed by atoms with E-state index in [-0.39, 0.29) is 0 Å². The highest BCUT2D eigenvalue weighted by molar-refractivity contribution is 7.13. The number of nitrogens with two attached hydrogens (primary N) is 1. The van der Waals surface area contributed by atoms with E-state index in [4.69, 9.17) is 17.3 Å². The van der Waals surface area contributed by atoms with Crippen LogP contribution in [0.5, 0.6) is 0 Å². The maximum absolute atomic E-state index is 5.53. The summed E-state index contributed by atoms with van der Waals surface area (Å²) in [5, 5.41) is 2.66. The maximum Gasteiger partial charge on any atom is 0.180 e. The summed E-state index contributed by atoms with van der Waals surface area (Å²) in [4.78, 5) is 4.14. The van der Waals surface area contributed by atoms with Gasteiger partial charge in [-0.3, -0.25) is 0 Å². The van der Waals surface area contributed by atoms with Gasteiger partial charge in [0.2, 0.25) is 0 Å². The van der Waals surface area contributed by atoms with Crippen molar-refractivity contribution >= 4 is 28.1 Å². The fraction of sp³-hybridized carbons (Fsp3) is 0.571. The fourth-order valence-electron chi connectivity index (χ4n) is 0.838. The van der Waals surface area contributed by atoms with E-state index in [1.165, 1.54) is 11.3 Å². The highest BCUT2D eigenvalue weighted by Gasteiger charge is 1.97. The quantitative estimate of drug-likeness (QED) is 0.585. The molecule has 0 aromatic carbocycles. The zero-order chi connectivity index (χ0) is 8.10. The first kappa shape index (κ1) is 8.81. The number of nitrogens with zero attached hydrogens (tertiary/aromatic N) is 1. The van der Waals surface area contributed by atoms with Crippen LogP contribution in [-0.2, 0) is 6.42 Å². The van der Waals surface area contributed by atoms with Gasteiger partial charge >= 0.3 is 0 Å². The second kappa shape index (κ2) is 4.57. The van der Waals surface area contributed by atoms with Crippen LogP contribution in [0.4, 0.5) is 5.13 Å². The minimum atomic E-state index is 0.658. The molecule has 1 rings (SSSR count). The average Bonchev–Trinajstić information content (AvgIpc) is 2.37. The van der Waals surface area contributed by atoms with Crippen LogP contribution in [-0.4, -0.2) is 10.9 Å². The molecule has 0 aliphatic carbocycles. The number of anilines is 1. The molecule has 1 aromatic heterocycles. The Labute approximate surface area is 75.4 Å². The van der Waals surface area contributed by atoms with E-state index in [2.05, 4.69) is 4.98 Å². The van der Waals surface area contributed by atoms with Gasteiger partial charge in [-0.15, -0.1) is 22.9 Å². The topological polar surface area (TPSA) is 38.9 Å². The number of halogens is 1. The van der Waals surface area contributed by atoms with Crippen LogP contribution in [0, 0.1) is 0 Å². The summed E-state index contributed by atoms with van der Waals surface area (Å²) in [5.74, 6) is 0.736. The molecule has 1 aromatic rings. The predicted octanol–water partition coefficient (Wildman–Crippen LogP) is 2.29. The molecule has 0 spiro atoms. The molecule has 0 aliphatic rings. The van der Waals surface area contributed by atoms with Gasteiger partial charge in [0, 0.05) is 11.3 Å². The second-order valence-electron chi connectivity index (χ2n) is 2.32. The van der Waals surface area contributed by atoms with Gasteiger partial charge in [-0.2, -0.15) is 0 Å². The molecule has 0 atom stereocenters. The van der Waals surface area contributed by atoms with Crippen molar-refractivity contribution in [1.29, 1.82) is 0 Å². The number of hydrogen-bond acceptors (Lipinski definition) is 3. The van der Waals surface area contributed by atoms with E-state index in [0.717, 1.165) is 30.8 Å². The van der Waals surface area contributed by atoms with Gasteiger partial charge in [0.1, 0.15) is 0 Å². The normalized spacial score (nSPS) is 10.3. The van der Waals surface area contributed by atoms with Crippen LogP contribution in [0.25, 0.3) is 0 Å². The van der Waals surface area contributed by atoms with Crippen LogP contribution in [0.15, 0.2) is 5.38 Å². The molecule has 0 radical (unpaired) electrons. The molecule has 11 heavy (non-hydrogen) atoms. The molecule has 0 unspecified atom stereocenters. The summed E-state index contributed by atoms with van der Waals surface area (Å²) in [6.45, 7) is 0. The first-order valence-electron chi connectivity index (χ1n) is 3.59. The van der Waals surface area contributed by atoms with Crippen molar-refractivity contribution < 1.29 is 0 Å². The van der Waals surface area contributed by atoms with Crippen molar-refractivity contribution in [3.05, 3.63) is 11.1 Å². The molecular formula is C7H11ClN2S. The predicted molar refractivity (Wildman–Crippen MR) is 50.2 cm³/mol. The minimum absolute atomic E-state index is 0.658. The van der Waals surface area contributed by atoms with Gasteiger partial charge in [0.25, 0.3) is 0 Å². The first-order chi connectivity index (χ1) is 5.33. The van der Waals surface area contributed by atoms with Crippen LogP contribution in [0.3, 0.4) is 0 Å². The lowest BCUT2D eigenvalue weighted by Crippen LogP contribution is -1.88. The van der Waals surface area contributed by atoms with Gasteiger partial charge in [0.15, 0.2) is 5.13 Å². The molecule has 0 aliphatic heterocycles. The Morgan fingerprint density at radius 3 is 2.91 bits per heavy atom. The largest absolute Gasteiger partial charge is 0.375 e. The highest BCUT2D eigenvalue weighted by Crippen LogP contribution is 2.13. The summed E-state index contributed by atoms with van der Waals surface area (Å²) in [5.41, 5.74) is 6.56. The van der Waals surface area contributed by atoms with Gasteiger partial charge in [-0.1, -0.05) is 0 Å². The van der Waals surface area contributed by atoms with Crippen LogP contribution in [0.1, 0.15) is 18.5 Å². The first-order valence-corrected chi connectivity index (χ1v) is 5.00. The molecule has 0 fully saturated rings. The lowest BCUT2D eigenvalue weighted by molar-refractivity contribution is 0.786. The Morgan fingerprint density at radius 1 is 1.55 bits per heavy atom. The number of hydrogen-bond donors (Lipinski definition) is 1. The zero-order valence-electron chi connectivity index (χ0n) is 6.22. The van der Waals surface area contributed by atoms with E-state index >= 15 is 0 Å². The average molecular weight is 191 g/mol. The van der Waals surface area contributed by atoms with Gasteiger partial charge in [0.05, 0.1) is 5.69 Å². The van der Waals surface area contributed by atoms with E-state index in [9.17, 15) is 0 Å². The molecular weight excluding hydrogens is 180 g/mol. The number of aryl methyl sites for hydroxylation is 1. The molecule has 62 valence electrons. The fourth-order valence-corrected chi connectivity index (χ4v) is 1.62. The zero-order valence-corrected chi connectivity index (χ0v) is 7.79. The Kier molecular flexibility index (Phi) is 3.66. The SMILES string of the molecule is Nc1nc(CCCCCl)cs1.